The molecule has 1 aromatic heterocycles. The van der Waals surface area contributed by atoms with Crippen molar-refractivity contribution in [1.29, 1.82) is 0 Å². The average Bonchev–Trinajstić information content (AvgIpc) is 3.54. The molecule has 2 unspecified atom stereocenters. The molecule has 3 fully saturated rings. The number of fused-ring (bicyclic) bond motifs is 1. The van der Waals surface area contributed by atoms with E-state index >= 15 is 0 Å². The summed E-state index contributed by atoms with van der Waals surface area (Å²) in [6.07, 6.45) is 6.39. The van der Waals surface area contributed by atoms with Crippen molar-refractivity contribution in [3.05, 3.63) is 45.6 Å². The van der Waals surface area contributed by atoms with Gasteiger partial charge in [0.25, 0.3) is 0 Å². The summed E-state index contributed by atoms with van der Waals surface area (Å²) in [5.74, 6) is 2.77. The van der Waals surface area contributed by atoms with Crippen LogP contribution in [-0.2, 0) is 4.74 Å². The third-order valence-corrected chi connectivity index (χ3v) is 6.93. The number of rotatable bonds is 4. The van der Waals surface area contributed by atoms with Crippen molar-refractivity contribution in [2.45, 2.75) is 45.1 Å². The minimum absolute atomic E-state index is 0.215. The molecule has 164 valence electrons. The van der Waals surface area contributed by atoms with Crippen LogP contribution in [0.2, 0.25) is 10.0 Å². The number of allylic oxidation sites excluding steroid dienone is 1. The second kappa shape index (κ2) is 7.56. The fourth-order valence-electron chi connectivity index (χ4n) is 4.56. The normalized spacial score (nSPS) is 25.2. The molecule has 0 bridgehead atoms. The van der Waals surface area contributed by atoms with Crippen LogP contribution in [0, 0.1) is 17.8 Å². The molecule has 31 heavy (non-hydrogen) atoms. The second-order valence-corrected chi connectivity index (χ2v) is 10.6. The summed E-state index contributed by atoms with van der Waals surface area (Å²) < 4.78 is 11.2. The van der Waals surface area contributed by atoms with E-state index in [1.54, 1.807) is 0 Å². The molecule has 1 aliphatic heterocycles. The maximum atomic E-state index is 12.3. The smallest absolute Gasteiger partial charge is 0.410 e. The Labute approximate surface area is 192 Å². The van der Waals surface area contributed by atoms with Crippen LogP contribution in [0.3, 0.4) is 0 Å². The number of hydrogen-bond acceptors (Lipinski definition) is 4. The zero-order chi connectivity index (χ0) is 21.9. The largest absolute Gasteiger partial charge is 0.444 e. The quantitative estimate of drug-likeness (QED) is 0.512. The monoisotopic (exact) mass is 460 g/mol. The lowest BCUT2D eigenvalue weighted by Gasteiger charge is -2.25. The van der Waals surface area contributed by atoms with Gasteiger partial charge in [0.1, 0.15) is 17.1 Å². The van der Waals surface area contributed by atoms with Gasteiger partial charge in [0.15, 0.2) is 0 Å². The predicted octanol–water partition coefficient (Wildman–Crippen LogP) is 6.65. The number of benzene rings is 1. The lowest BCUT2D eigenvalue weighted by molar-refractivity contribution is 0.0269. The first-order valence-electron chi connectivity index (χ1n) is 10.8. The van der Waals surface area contributed by atoms with Crippen molar-refractivity contribution < 1.29 is 14.1 Å². The number of likely N-dealkylation sites (tertiary alicyclic amines) is 1. The van der Waals surface area contributed by atoms with E-state index in [1.807, 2.05) is 43.9 Å². The van der Waals surface area contributed by atoms with Crippen LogP contribution in [0.5, 0.6) is 0 Å². The van der Waals surface area contributed by atoms with E-state index in [2.05, 4.69) is 17.3 Å². The van der Waals surface area contributed by atoms with Crippen molar-refractivity contribution >= 4 is 35.4 Å². The van der Waals surface area contributed by atoms with Gasteiger partial charge >= 0.3 is 6.09 Å². The molecule has 0 radical (unpaired) electrons. The summed E-state index contributed by atoms with van der Waals surface area (Å²) in [6.45, 7) is 7.18. The van der Waals surface area contributed by atoms with Crippen LogP contribution in [-0.4, -0.2) is 34.8 Å². The molecule has 0 spiro atoms. The van der Waals surface area contributed by atoms with Crippen LogP contribution in [0.15, 0.2) is 28.8 Å². The Hall–Kier alpha value is -1.98. The van der Waals surface area contributed by atoms with E-state index in [-0.39, 0.29) is 6.09 Å². The lowest BCUT2D eigenvalue weighted by atomic mass is 10.0. The van der Waals surface area contributed by atoms with Gasteiger partial charge in [0.2, 0.25) is 0 Å². The highest BCUT2D eigenvalue weighted by molar-refractivity contribution is 6.39. The van der Waals surface area contributed by atoms with Crippen molar-refractivity contribution in [1.82, 2.24) is 10.1 Å². The number of ether oxygens (including phenoxy) is 1. The molecule has 2 heterocycles. The first-order chi connectivity index (χ1) is 14.7. The Morgan fingerprint density at radius 3 is 2.42 bits per heavy atom. The maximum Gasteiger partial charge on any atom is 0.410 e. The van der Waals surface area contributed by atoms with E-state index in [0.29, 0.717) is 45.0 Å². The van der Waals surface area contributed by atoms with Gasteiger partial charge in [-0.3, -0.25) is 0 Å². The fraction of sp³-hybridized carbons (Fsp3) is 0.500. The molecule has 1 saturated heterocycles. The van der Waals surface area contributed by atoms with Crippen molar-refractivity contribution in [3.8, 4) is 11.3 Å². The number of aromatic nitrogens is 1. The highest BCUT2D eigenvalue weighted by Gasteiger charge is 2.55. The summed E-state index contributed by atoms with van der Waals surface area (Å²) in [4.78, 5) is 14.1. The van der Waals surface area contributed by atoms with Crippen molar-refractivity contribution in [2.24, 2.45) is 17.8 Å². The second-order valence-electron chi connectivity index (χ2n) is 9.83. The van der Waals surface area contributed by atoms with Gasteiger partial charge in [-0.25, -0.2) is 4.79 Å². The summed E-state index contributed by atoms with van der Waals surface area (Å²) in [5, 5.41) is 5.47. The number of nitrogens with zero attached hydrogens (tertiary/aromatic N) is 2. The van der Waals surface area contributed by atoms with Gasteiger partial charge in [-0.05, 0) is 63.5 Å². The average molecular weight is 461 g/mol. The fourth-order valence-corrected chi connectivity index (χ4v) is 5.13. The highest BCUT2D eigenvalue weighted by Crippen LogP contribution is 2.53. The van der Waals surface area contributed by atoms with Gasteiger partial charge in [0, 0.05) is 30.1 Å². The molecule has 2 aromatic rings. The molecule has 2 atom stereocenters. The molecule has 5 nitrogen and oxygen atoms in total. The molecule has 0 N–H and O–H groups in total. The van der Waals surface area contributed by atoms with Gasteiger partial charge < -0.3 is 14.2 Å². The third kappa shape index (κ3) is 4.10. The Morgan fingerprint density at radius 2 is 1.84 bits per heavy atom. The first kappa shape index (κ1) is 20.9. The molecule has 3 aliphatic rings. The van der Waals surface area contributed by atoms with Gasteiger partial charge in [-0.2, -0.15) is 0 Å². The number of amides is 1. The lowest BCUT2D eigenvalue weighted by Crippen LogP contribution is -2.36. The minimum Gasteiger partial charge on any atom is -0.444 e. The number of carbonyl (C=O) groups is 1. The van der Waals surface area contributed by atoms with Gasteiger partial charge in [-0.15, -0.1) is 0 Å². The molecular weight excluding hydrogens is 435 g/mol. The number of hydrogen-bond donors (Lipinski definition) is 0. The summed E-state index contributed by atoms with van der Waals surface area (Å²) in [6, 6.07) is 5.46. The van der Waals surface area contributed by atoms with E-state index in [1.165, 1.54) is 0 Å². The Balaban J connectivity index is 1.33. The van der Waals surface area contributed by atoms with Gasteiger partial charge in [0.05, 0.1) is 10.0 Å². The van der Waals surface area contributed by atoms with Crippen molar-refractivity contribution in [2.75, 3.05) is 13.1 Å². The SMILES string of the molecule is CC(C)(C)OC(=O)N1CC2C(/C=C/c3c(-c4c(Cl)cccc4Cl)noc3C3CC3)C2C1. The van der Waals surface area contributed by atoms with E-state index in [9.17, 15) is 4.79 Å². The minimum atomic E-state index is -0.465. The summed E-state index contributed by atoms with van der Waals surface area (Å²) in [7, 11) is 0. The van der Waals surface area contributed by atoms with Crippen LogP contribution < -0.4 is 0 Å². The molecule has 2 aliphatic carbocycles. The van der Waals surface area contributed by atoms with Crippen LogP contribution in [0.1, 0.15) is 50.9 Å². The van der Waals surface area contributed by atoms with E-state index < -0.39 is 5.60 Å². The Morgan fingerprint density at radius 1 is 1.19 bits per heavy atom. The number of halogens is 2. The predicted molar refractivity (Wildman–Crippen MR) is 121 cm³/mol. The highest BCUT2D eigenvalue weighted by atomic mass is 35.5. The van der Waals surface area contributed by atoms with Crippen LogP contribution >= 0.6 is 23.2 Å². The van der Waals surface area contributed by atoms with Gasteiger partial charge in [-0.1, -0.05) is 46.6 Å². The molecule has 7 heteroatoms. The maximum absolute atomic E-state index is 12.3. The number of carbonyl (C=O) groups excluding carboxylic acids is 1. The zero-order valence-electron chi connectivity index (χ0n) is 17.9. The molecule has 5 rings (SSSR count). The standard InChI is InChI=1S/C24H26Cl2N2O3/c1-24(2,3)30-23(29)28-11-16-14(17(16)12-28)9-10-15-21(27-31-22(15)13-7-8-13)20-18(25)5-4-6-19(20)26/h4-6,9-10,13-14,16-17H,7-8,11-12H2,1-3H3/b10-9+. The van der Waals surface area contributed by atoms with Crippen LogP contribution in [0.25, 0.3) is 17.3 Å². The molecule has 1 amide bonds. The van der Waals surface area contributed by atoms with E-state index in [4.69, 9.17) is 32.5 Å². The third-order valence-electron chi connectivity index (χ3n) is 6.30. The topological polar surface area (TPSA) is 55.6 Å². The first-order valence-corrected chi connectivity index (χ1v) is 11.6. The molecule has 2 saturated carbocycles. The molecule has 1 aromatic carbocycles. The Kier molecular flexibility index (Phi) is 5.10. The summed E-state index contributed by atoms with van der Waals surface area (Å²) >= 11 is 12.9. The van der Waals surface area contributed by atoms with Crippen LogP contribution in [0.4, 0.5) is 4.79 Å². The van der Waals surface area contributed by atoms with Crippen molar-refractivity contribution in [3.63, 3.8) is 0 Å². The zero-order valence-corrected chi connectivity index (χ0v) is 19.4. The van der Waals surface area contributed by atoms with E-state index in [0.717, 1.165) is 37.3 Å². The molecular formula is C24H26Cl2N2O3. The Bertz CT molecular complexity index is 1020. The summed E-state index contributed by atoms with van der Waals surface area (Å²) in [5.41, 5.74) is 1.93. The number of piperidine rings is 1.